The second-order valence-electron chi connectivity index (χ2n) is 13.4. The number of rotatable bonds is 9. The number of hydrogen-bond donors (Lipinski definition) is 3. The van der Waals surface area contributed by atoms with Gasteiger partial charge in [-0.3, -0.25) is 24.7 Å². The van der Waals surface area contributed by atoms with Gasteiger partial charge in [0.15, 0.2) is 16.9 Å². The molecule has 49 heavy (non-hydrogen) atoms. The Balaban J connectivity index is 1.05. The second-order valence-corrected chi connectivity index (χ2v) is 13.4. The Hall–Kier alpha value is -5.09. The van der Waals surface area contributed by atoms with E-state index < -0.39 is 17.5 Å². The predicted molar refractivity (Wildman–Crippen MR) is 183 cm³/mol. The average Bonchev–Trinajstić information content (AvgIpc) is 3.67. The number of hydrogen-bond acceptors (Lipinski definition) is 11. The molecule has 2 aliphatic heterocycles. The van der Waals surface area contributed by atoms with Crippen LogP contribution in [0.4, 0.5) is 16.6 Å². The van der Waals surface area contributed by atoms with Crippen molar-refractivity contribution in [3.8, 4) is 0 Å². The lowest BCUT2D eigenvalue weighted by Crippen LogP contribution is -2.52. The molecule has 5 heterocycles. The molecule has 0 aliphatic carbocycles. The minimum atomic E-state index is -0.900. The van der Waals surface area contributed by atoms with Crippen LogP contribution in [-0.2, 0) is 4.79 Å². The van der Waals surface area contributed by atoms with E-state index in [1.807, 2.05) is 39.0 Å². The highest BCUT2D eigenvalue weighted by Crippen LogP contribution is 2.29. The molecule has 16 heteroatoms. The Labute approximate surface area is 283 Å². The molecule has 3 amide bonds. The summed E-state index contributed by atoms with van der Waals surface area (Å²) in [7, 11) is 0. The minimum Gasteiger partial charge on any atom is -0.465 e. The Bertz CT molecular complexity index is 1820. The molecule has 6 rings (SSSR count). The zero-order valence-corrected chi connectivity index (χ0v) is 28.1. The third kappa shape index (κ3) is 7.65. The standard InChI is InChI=1S/C33H43N11O5/c1-33(2,3)43(32(47)48)19-18-41-16-14-40(15-17-41)12-7-11-25(45)42-13-6-8-22(20-42)44-29-26(28(34)35-21-36-29)27(39-44)30(46)38-31-37-23-9-4-5-10-24(23)49-31/h4-5,7,9-11,21-22H,6,8,12-20H2,1-3H3,(H,47,48)(H2,34,35,36)(H,37,38,46)/b11-7+/t22-/m1/s1. The van der Waals surface area contributed by atoms with Crippen LogP contribution in [0.5, 0.6) is 0 Å². The van der Waals surface area contributed by atoms with Crippen LogP contribution in [0, 0.1) is 0 Å². The number of carboxylic acid groups (broad SMARTS) is 1. The van der Waals surface area contributed by atoms with Gasteiger partial charge in [-0.15, -0.1) is 0 Å². The van der Waals surface area contributed by atoms with Crippen molar-refractivity contribution in [2.24, 2.45) is 0 Å². The van der Waals surface area contributed by atoms with Gasteiger partial charge in [-0.1, -0.05) is 18.2 Å². The van der Waals surface area contributed by atoms with E-state index in [-0.39, 0.29) is 29.5 Å². The first-order valence-corrected chi connectivity index (χ1v) is 16.5. The normalized spacial score (nSPS) is 18.0. The van der Waals surface area contributed by atoms with Gasteiger partial charge >= 0.3 is 12.1 Å². The van der Waals surface area contributed by atoms with Gasteiger partial charge in [0.05, 0.1) is 11.4 Å². The number of aromatic nitrogens is 5. The first kappa shape index (κ1) is 33.8. The largest absolute Gasteiger partial charge is 0.465 e. The van der Waals surface area contributed by atoms with Crippen molar-refractivity contribution in [1.82, 2.24) is 44.3 Å². The summed E-state index contributed by atoms with van der Waals surface area (Å²) >= 11 is 0. The number of piperazine rings is 1. The molecule has 0 bridgehead atoms. The molecule has 0 spiro atoms. The smallest absolute Gasteiger partial charge is 0.407 e. The van der Waals surface area contributed by atoms with Crippen LogP contribution in [0.1, 0.15) is 50.1 Å². The summed E-state index contributed by atoms with van der Waals surface area (Å²) in [4.78, 5) is 59.0. The third-order valence-corrected chi connectivity index (χ3v) is 9.07. The van der Waals surface area contributed by atoms with Crippen LogP contribution in [0.15, 0.2) is 47.2 Å². The summed E-state index contributed by atoms with van der Waals surface area (Å²) in [6.07, 6.45) is 5.46. The fraction of sp³-hybridized carbons (Fsp3) is 0.485. The van der Waals surface area contributed by atoms with E-state index in [4.69, 9.17) is 10.2 Å². The second kappa shape index (κ2) is 14.2. The lowest BCUT2D eigenvalue weighted by Gasteiger charge is -2.38. The van der Waals surface area contributed by atoms with Crippen LogP contribution in [-0.4, -0.2) is 132 Å². The molecule has 0 saturated carbocycles. The zero-order chi connectivity index (χ0) is 34.7. The number of nitrogens with one attached hydrogen (secondary N) is 1. The Morgan fingerprint density at radius 3 is 2.59 bits per heavy atom. The maximum absolute atomic E-state index is 13.4. The number of likely N-dealkylation sites (tertiary alicyclic amines) is 1. The molecule has 1 atom stereocenters. The Kier molecular flexibility index (Phi) is 9.78. The van der Waals surface area contributed by atoms with E-state index in [1.54, 1.807) is 27.8 Å². The molecular weight excluding hydrogens is 630 g/mol. The van der Waals surface area contributed by atoms with Gasteiger partial charge in [-0.05, 0) is 45.7 Å². The first-order chi connectivity index (χ1) is 23.5. The van der Waals surface area contributed by atoms with Crippen molar-refractivity contribution in [3.63, 3.8) is 0 Å². The van der Waals surface area contributed by atoms with Crippen molar-refractivity contribution < 1.29 is 23.9 Å². The van der Waals surface area contributed by atoms with Crippen LogP contribution >= 0.6 is 0 Å². The van der Waals surface area contributed by atoms with E-state index in [0.29, 0.717) is 54.9 Å². The van der Waals surface area contributed by atoms with Crippen molar-refractivity contribution in [2.45, 2.75) is 45.2 Å². The van der Waals surface area contributed by atoms with Gasteiger partial charge in [0.1, 0.15) is 17.7 Å². The molecule has 2 fully saturated rings. The molecule has 4 aromatic rings. The number of carbonyl (C=O) groups is 3. The number of fused-ring (bicyclic) bond motifs is 2. The topological polar surface area (TPSA) is 192 Å². The highest BCUT2D eigenvalue weighted by atomic mass is 16.4. The third-order valence-electron chi connectivity index (χ3n) is 9.07. The number of piperidine rings is 1. The number of para-hydroxylation sites is 2. The first-order valence-electron chi connectivity index (χ1n) is 16.5. The number of nitrogens with zero attached hydrogens (tertiary/aromatic N) is 9. The molecule has 4 N–H and O–H groups in total. The van der Waals surface area contributed by atoms with Crippen LogP contribution in [0.2, 0.25) is 0 Å². The maximum Gasteiger partial charge on any atom is 0.407 e. The predicted octanol–water partition coefficient (Wildman–Crippen LogP) is 2.92. The van der Waals surface area contributed by atoms with E-state index in [2.05, 4.69) is 35.2 Å². The van der Waals surface area contributed by atoms with Gasteiger partial charge in [0, 0.05) is 70.5 Å². The molecule has 260 valence electrons. The number of nitrogen functional groups attached to an aromatic ring is 1. The molecule has 0 unspecified atom stereocenters. The molecule has 3 aromatic heterocycles. The maximum atomic E-state index is 13.4. The summed E-state index contributed by atoms with van der Waals surface area (Å²) in [5, 5.41) is 17.2. The van der Waals surface area contributed by atoms with E-state index in [1.165, 1.54) is 11.2 Å². The quantitative estimate of drug-likeness (QED) is 0.221. The minimum absolute atomic E-state index is 0.0376. The number of anilines is 2. The highest BCUT2D eigenvalue weighted by Gasteiger charge is 2.30. The van der Waals surface area contributed by atoms with Gasteiger partial charge < -0.3 is 25.1 Å². The number of nitrogens with two attached hydrogens (primary N) is 1. The molecule has 16 nitrogen and oxygen atoms in total. The Morgan fingerprint density at radius 1 is 1.10 bits per heavy atom. The van der Waals surface area contributed by atoms with Crippen LogP contribution < -0.4 is 11.1 Å². The Morgan fingerprint density at radius 2 is 1.86 bits per heavy atom. The number of oxazole rings is 1. The van der Waals surface area contributed by atoms with Crippen molar-refractivity contribution in [2.75, 3.05) is 70.0 Å². The van der Waals surface area contributed by atoms with E-state index in [9.17, 15) is 19.5 Å². The zero-order valence-electron chi connectivity index (χ0n) is 28.1. The fourth-order valence-electron chi connectivity index (χ4n) is 6.41. The SMILES string of the molecule is CC(C)(C)N(CCN1CCN(C/C=C/C(=O)N2CCC[C@@H](n3nc(C(=O)Nc4nc5ccccc5o4)c4c(N)ncnc43)C2)CC1)C(=O)O. The summed E-state index contributed by atoms with van der Waals surface area (Å²) in [6.45, 7) is 11.9. The van der Waals surface area contributed by atoms with Gasteiger partial charge in [0.25, 0.3) is 5.91 Å². The lowest BCUT2D eigenvalue weighted by molar-refractivity contribution is -0.127. The monoisotopic (exact) mass is 673 g/mol. The average molecular weight is 674 g/mol. The molecule has 0 radical (unpaired) electrons. The summed E-state index contributed by atoms with van der Waals surface area (Å²) in [6, 6.07) is 7.00. The molecular formula is C33H43N11O5. The fourth-order valence-corrected chi connectivity index (χ4v) is 6.41. The number of amides is 3. The van der Waals surface area contributed by atoms with Crippen molar-refractivity contribution in [1.29, 1.82) is 0 Å². The number of carbonyl (C=O) groups excluding carboxylic acids is 2. The summed E-state index contributed by atoms with van der Waals surface area (Å²) in [5.74, 6) is -0.520. The van der Waals surface area contributed by atoms with Gasteiger partial charge in [0.2, 0.25) is 5.91 Å². The molecule has 1 aromatic carbocycles. The van der Waals surface area contributed by atoms with E-state index in [0.717, 1.165) is 39.0 Å². The van der Waals surface area contributed by atoms with Gasteiger partial charge in [-0.2, -0.15) is 10.1 Å². The summed E-state index contributed by atoms with van der Waals surface area (Å²) < 4.78 is 7.34. The van der Waals surface area contributed by atoms with E-state index >= 15 is 0 Å². The van der Waals surface area contributed by atoms with Crippen molar-refractivity contribution in [3.05, 3.63) is 48.4 Å². The molecule has 2 saturated heterocycles. The van der Waals surface area contributed by atoms with Gasteiger partial charge in [-0.25, -0.2) is 19.4 Å². The van der Waals surface area contributed by atoms with Crippen LogP contribution in [0.3, 0.4) is 0 Å². The van der Waals surface area contributed by atoms with Crippen molar-refractivity contribution >= 4 is 51.9 Å². The van der Waals surface area contributed by atoms with Crippen LogP contribution in [0.25, 0.3) is 22.1 Å². The summed E-state index contributed by atoms with van der Waals surface area (Å²) in [5.41, 5.74) is 7.39. The lowest BCUT2D eigenvalue weighted by atomic mass is 10.1. The highest BCUT2D eigenvalue weighted by molar-refractivity contribution is 6.12. The molecule has 2 aliphatic rings. The number of benzene rings is 1.